The molecule has 11 heavy (non-hydrogen) atoms. The van der Waals surface area contributed by atoms with Crippen LogP contribution in [0.25, 0.3) is 0 Å². The summed E-state index contributed by atoms with van der Waals surface area (Å²) in [6.07, 6.45) is 1.85. The highest BCUT2D eigenvalue weighted by atomic mass is 16.3. The van der Waals surface area contributed by atoms with Gasteiger partial charge in [-0.25, -0.2) is 0 Å². The first-order valence-corrected chi connectivity index (χ1v) is 3.62. The third kappa shape index (κ3) is 2.01. The van der Waals surface area contributed by atoms with Crippen LogP contribution in [0.2, 0.25) is 0 Å². The van der Waals surface area contributed by atoms with Gasteiger partial charge in [0.15, 0.2) is 0 Å². The van der Waals surface area contributed by atoms with Gasteiger partial charge in [-0.3, -0.25) is 9.59 Å². The van der Waals surface area contributed by atoms with Gasteiger partial charge in [0.25, 0.3) is 5.91 Å². The number of hydrogen-bond acceptors (Lipinski definition) is 3. The summed E-state index contributed by atoms with van der Waals surface area (Å²) < 4.78 is 0. The van der Waals surface area contributed by atoms with Crippen molar-refractivity contribution >= 4 is 12.2 Å². The first-order chi connectivity index (χ1) is 5.26. The molecule has 0 aromatic heterocycles. The van der Waals surface area contributed by atoms with Crippen molar-refractivity contribution in [3.05, 3.63) is 0 Å². The number of carbonyl (C=O) groups is 2. The maximum atomic E-state index is 10.5. The average Bonchev–Trinajstić information content (AvgIpc) is 1.95. The van der Waals surface area contributed by atoms with E-state index in [1.165, 1.54) is 0 Å². The molecule has 0 radical (unpaired) electrons. The summed E-state index contributed by atoms with van der Waals surface area (Å²) in [6, 6.07) is 0.102. The monoisotopic (exact) mass is 157 g/mol. The maximum absolute atomic E-state index is 10.5. The summed E-state index contributed by atoms with van der Waals surface area (Å²) in [4.78, 5) is 20.3. The summed E-state index contributed by atoms with van der Waals surface area (Å²) in [5, 5.41) is 11.1. The van der Waals surface area contributed by atoms with E-state index in [2.05, 4.69) is 5.32 Å². The van der Waals surface area contributed by atoms with E-state index < -0.39 is 5.91 Å². The van der Waals surface area contributed by atoms with Crippen LogP contribution in [0.15, 0.2) is 0 Å². The highest BCUT2D eigenvalue weighted by Crippen LogP contribution is 2.26. The Morgan fingerprint density at radius 2 is 2.27 bits per heavy atom. The standard InChI is InChI=1S/C7H11NO3/c9-3-5-1-6(2-5)8-7(11)4-10/h4-6,9H,1-3H2,(H,8,11). The zero-order chi connectivity index (χ0) is 8.27. The van der Waals surface area contributed by atoms with Gasteiger partial charge in [0.2, 0.25) is 6.29 Å². The van der Waals surface area contributed by atoms with E-state index in [1.807, 2.05) is 0 Å². The van der Waals surface area contributed by atoms with Crippen LogP contribution in [0.4, 0.5) is 0 Å². The van der Waals surface area contributed by atoms with Crippen LogP contribution >= 0.6 is 0 Å². The molecule has 1 rings (SSSR count). The van der Waals surface area contributed by atoms with Gasteiger partial charge in [-0.1, -0.05) is 0 Å². The second-order valence-corrected chi connectivity index (χ2v) is 2.84. The molecule has 62 valence electrons. The smallest absolute Gasteiger partial charge is 0.284 e. The summed E-state index contributed by atoms with van der Waals surface area (Å²) in [6.45, 7) is 0.174. The van der Waals surface area contributed by atoms with E-state index >= 15 is 0 Å². The number of carbonyl (C=O) groups excluding carboxylic acids is 2. The van der Waals surface area contributed by atoms with E-state index in [0.717, 1.165) is 12.8 Å². The van der Waals surface area contributed by atoms with E-state index in [9.17, 15) is 9.59 Å². The predicted octanol–water partition coefficient (Wildman–Crippen LogP) is -0.928. The van der Waals surface area contributed by atoms with Gasteiger partial charge in [-0.2, -0.15) is 0 Å². The molecule has 0 saturated heterocycles. The van der Waals surface area contributed by atoms with Crippen LogP contribution in [0, 0.1) is 5.92 Å². The van der Waals surface area contributed by atoms with Crippen molar-refractivity contribution in [2.45, 2.75) is 18.9 Å². The van der Waals surface area contributed by atoms with Crippen LogP contribution in [-0.4, -0.2) is 29.9 Å². The SMILES string of the molecule is O=CC(=O)NC1CC(CO)C1. The van der Waals surface area contributed by atoms with Gasteiger partial charge in [0.1, 0.15) is 0 Å². The van der Waals surface area contributed by atoms with Gasteiger partial charge in [0, 0.05) is 12.6 Å². The fourth-order valence-corrected chi connectivity index (χ4v) is 1.24. The van der Waals surface area contributed by atoms with Gasteiger partial charge in [-0.05, 0) is 18.8 Å². The van der Waals surface area contributed by atoms with Gasteiger partial charge in [-0.15, -0.1) is 0 Å². The van der Waals surface area contributed by atoms with Crippen LogP contribution in [0.5, 0.6) is 0 Å². The minimum Gasteiger partial charge on any atom is -0.396 e. The first-order valence-electron chi connectivity index (χ1n) is 3.62. The Hall–Kier alpha value is -0.900. The summed E-state index contributed by atoms with van der Waals surface area (Å²) in [7, 11) is 0. The molecule has 0 heterocycles. The number of aliphatic hydroxyl groups excluding tert-OH is 1. The number of amides is 1. The number of hydrogen-bond donors (Lipinski definition) is 2. The molecule has 0 aliphatic heterocycles. The zero-order valence-electron chi connectivity index (χ0n) is 6.12. The largest absolute Gasteiger partial charge is 0.396 e. The lowest BCUT2D eigenvalue weighted by atomic mass is 9.81. The maximum Gasteiger partial charge on any atom is 0.284 e. The molecule has 1 fully saturated rings. The quantitative estimate of drug-likeness (QED) is 0.411. The summed E-state index contributed by atoms with van der Waals surface area (Å²) in [5.41, 5.74) is 0. The number of nitrogens with one attached hydrogen (secondary N) is 1. The van der Waals surface area contributed by atoms with E-state index in [-0.39, 0.29) is 18.9 Å². The van der Waals surface area contributed by atoms with Crippen LogP contribution in [0.3, 0.4) is 0 Å². The minimum absolute atomic E-state index is 0.102. The number of rotatable bonds is 3. The molecule has 1 saturated carbocycles. The van der Waals surface area contributed by atoms with Crippen LogP contribution in [-0.2, 0) is 9.59 Å². The molecular weight excluding hydrogens is 146 g/mol. The Labute approximate surface area is 64.6 Å². The lowest BCUT2D eigenvalue weighted by Gasteiger charge is -2.33. The summed E-state index contributed by atoms with van der Waals surface area (Å²) in [5.74, 6) is -0.252. The Balaban J connectivity index is 2.13. The van der Waals surface area contributed by atoms with Crippen molar-refractivity contribution in [3.8, 4) is 0 Å². The molecular formula is C7H11NO3. The van der Waals surface area contributed by atoms with Crippen molar-refractivity contribution < 1.29 is 14.7 Å². The number of aliphatic hydroxyl groups is 1. The molecule has 0 spiro atoms. The van der Waals surface area contributed by atoms with Gasteiger partial charge >= 0.3 is 0 Å². The Morgan fingerprint density at radius 3 is 2.73 bits per heavy atom. The third-order valence-electron chi connectivity index (χ3n) is 1.95. The average molecular weight is 157 g/mol. The highest BCUT2D eigenvalue weighted by Gasteiger charge is 2.29. The molecule has 0 aromatic rings. The second kappa shape index (κ2) is 3.48. The second-order valence-electron chi connectivity index (χ2n) is 2.84. The van der Waals surface area contributed by atoms with E-state index in [0.29, 0.717) is 5.92 Å². The normalized spacial score (nSPS) is 28.8. The molecule has 0 unspecified atom stereocenters. The molecule has 4 heteroatoms. The van der Waals surface area contributed by atoms with Crippen molar-refractivity contribution in [2.75, 3.05) is 6.61 Å². The molecule has 0 aromatic carbocycles. The highest BCUT2D eigenvalue weighted by molar-refractivity contribution is 6.23. The van der Waals surface area contributed by atoms with Crippen molar-refractivity contribution in [2.24, 2.45) is 5.92 Å². The molecule has 1 aliphatic rings. The van der Waals surface area contributed by atoms with E-state index in [1.54, 1.807) is 0 Å². The number of aldehydes is 1. The molecule has 4 nitrogen and oxygen atoms in total. The Kier molecular flexibility index (Phi) is 2.59. The predicted molar refractivity (Wildman–Crippen MR) is 37.8 cm³/mol. The lowest BCUT2D eigenvalue weighted by molar-refractivity contribution is -0.132. The zero-order valence-corrected chi connectivity index (χ0v) is 6.12. The van der Waals surface area contributed by atoms with Crippen LogP contribution < -0.4 is 5.32 Å². The fourth-order valence-electron chi connectivity index (χ4n) is 1.24. The van der Waals surface area contributed by atoms with Crippen molar-refractivity contribution in [1.29, 1.82) is 0 Å². The molecule has 1 aliphatic carbocycles. The topological polar surface area (TPSA) is 66.4 Å². The molecule has 2 N–H and O–H groups in total. The minimum atomic E-state index is -0.564. The lowest BCUT2D eigenvalue weighted by Crippen LogP contribution is -2.45. The van der Waals surface area contributed by atoms with Crippen molar-refractivity contribution in [3.63, 3.8) is 0 Å². The summed E-state index contributed by atoms with van der Waals surface area (Å²) >= 11 is 0. The molecule has 0 bridgehead atoms. The first kappa shape index (κ1) is 8.20. The van der Waals surface area contributed by atoms with Gasteiger partial charge < -0.3 is 10.4 Å². The Bertz CT molecular complexity index is 163. The molecule has 0 atom stereocenters. The van der Waals surface area contributed by atoms with E-state index in [4.69, 9.17) is 5.11 Å². The third-order valence-corrected chi connectivity index (χ3v) is 1.95. The van der Waals surface area contributed by atoms with Crippen LogP contribution in [0.1, 0.15) is 12.8 Å². The Morgan fingerprint density at radius 1 is 1.64 bits per heavy atom. The molecule has 1 amide bonds. The van der Waals surface area contributed by atoms with Crippen molar-refractivity contribution in [1.82, 2.24) is 5.32 Å². The van der Waals surface area contributed by atoms with Gasteiger partial charge in [0.05, 0.1) is 0 Å². The fraction of sp³-hybridized carbons (Fsp3) is 0.714.